The molecule has 0 bridgehead atoms. The standard InChI is InChI=1S/C12H10.CH2N4.H3N/c1-3-7-11(8-4-1)12-9-5-2-6-10-12;1-2-4-5-3-1;/h1-10H;1H,(H,2,3,4,5);1H3. The molecule has 5 nitrogen and oxygen atoms in total. The van der Waals surface area contributed by atoms with Crippen LogP contribution in [0.2, 0.25) is 0 Å². The molecule has 2 aromatic carbocycles. The van der Waals surface area contributed by atoms with Gasteiger partial charge in [0.15, 0.2) is 6.33 Å². The maximum Gasteiger partial charge on any atom is 0.161 e. The molecule has 5 heteroatoms. The van der Waals surface area contributed by atoms with Gasteiger partial charge < -0.3 is 6.15 Å². The Labute approximate surface area is 105 Å². The molecule has 1 aromatic heterocycles. The molecular weight excluding hydrogens is 226 g/mol. The Morgan fingerprint density at radius 2 is 1.22 bits per heavy atom. The second-order valence-corrected chi connectivity index (χ2v) is 3.29. The lowest BCUT2D eigenvalue weighted by Crippen LogP contribution is -1.73. The highest BCUT2D eigenvalue weighted by Crippen LogP contribution is 2.17. The molecule has 0 amide bonds. The summed E-state index contributed by atoms with van der Waals surface area (Å²) in [7, 11) is 0. The summed E-state index contributed by atoms with van der Waals surface area (Å²) in [5, 5.41) is 12.2. The van der Waals surface area contributed by atoms with Crippen LogP contribution in [0.3, 0.4) is 0 Å². The van der Waals surface area contributed by atoms with Gasteiger partial charge >= 0.3 is 0 Å². The van der Waals surface area contributed by atoms with E-state index in [9.17, 15) is 0 Å². The summed E-state index contributed by atoms with van der Waals surface area (Å²) >= 11 is 0. The van der Waals surface area contributed by atoms with Gasteiger partial charge in [0.25, 0.3) is 0 Å². The zero-order valence-corrected chi connectivity index (χ0v) is 9.90. The zero-order valence-electron chi connectivity index (χ0n) is 9.90. The van der Waals surface area contributed by atoms with Crippen molar-refractivity contribution in [2.24, 2.45) is 0 Å². The Bertz CT molecular complexity index is 453. The molecule has 1 heterocycles. The fraction of sp³-hybridized carbons (Fsp3) is 0. The van der Waals surface area contributed by atoms with Gasteiger partial charge in [0, 0.05) is 0 Å². The van der Waals surface area contributed by atoms with Gasteiger partial charge in [-0.05, 0) is 11.1 Å². The number of rotatable bonds is 1. The van der Waals surface area contributed by atoms with Gasteiger partial charge in [-0.15, -0.1) is 10.2 Å². The highest BCUT2D eigenvalue weighted by molar-refractivity contribution is 5.62. The molecule has 3 aromatic rings. The zero-order chi connectivity index (χ0) is 11.8. The molecular formula is C13H15N5. The molecule has 0 atom stereocenters. The molecule has 0 aliphatic carbocycles. The third kappa shape index (κ3) is 4.15. The van der Waals surface area contributed by atoms with Gasteiger partial charge in [-0.1, -0.05) is 65.9 Å². The summed E-state index contributed by atoms with van der Waals surface area (Å²) in [5.74, 6) is 0. The lowest BCUT2D eigenvalue weighted by atomic mass is 10.1. The van der Waals surface area contributed by atoms with Gasteiger partial charge in [-0.3, -0.25) is 0 Å². The Kier molecular flexibility index (Phi) is 5.79. The van der Waals surface area contributed by atoms with Crippen molar-refractivity contribution in [3.8, 4) is 11.1 Å². The Balaban J connectivity index is 0.000000230. The van der Waals surface area contributed by atoms with E-state index in [1.165, 1.54) is 17.5 Å². The van der Waals surface area contributed by atoms with Crippen molar-refractivity contribution in [3.63, 3.8) is 0 Å². The molecule has 0 saturated carbocycles. The topological polar surface area (TPSA) is 89.5 Å². The molecule has 18 heavy (non-hydrogen) atoms. The normalized spacial score (nSPS) is 8.67. The minimum atomic E-state index is 0. The molecule has 4 N–H and O–H groups in total. The summed E-state index contributed by atoms with van der Waals surface area (Å²) in [6.45, 7) is 0. The van der Waals surface area contributed by atoms with Crippen LogP contribution in [0.4, 0.5) is 0 Å². The number of aromatic amines is 1. The molecule has 3 rings (SSSR count). The monoisotopic (exact) mass is 241 g/mol. The molecule has 0 saturated heterocycles. The molecule has 0 aliphatic heterocycles. The quantitative estimate of drug-likeness (QED) is 0.685. The van der Waals surface area contributed by atoms with Crippen molar-refractivity contribution in [2.45, 2.75) is 0 Å². The van der Waals surface area contributed by atoms with Crippen molar-refractivity contribution < 1.29 is 0 Å². The number of nitrogens with one attached hydrogen (secondary N) is 1. The van der Waals surface area contributed by atoms with E-state index in [2.05, 4.69) is 69.2 Å². The Hall–Kier alpha value is -2.53. The van der Waals surface area contributed by atoms with E-state index in [1.54, 1.807) is 0 Å². The highest BCUT2D eigenvalue weighted by Gasteiger charge is 1.91. The fourth-order valence-electron chi connectivity index (χ4n) is 1.39. The number of hydrogen-bond donors (Lipinski definition) is 2. The first-order chi connectivity index (χ1) is 8.47. The van der Waals surface area contributed by atoms with Crippen molar-refractivity contribution >= 4 is 0 Å². The average molecular weight is 241 g/mol. The van der Waals surface area contributed by atoms with Gasteiger partial charge in [0.1, 0.15) is 0 Å². The number of aromatic nitrogens is 4. The van der Waals surface area contributed by atoms with Gasteiger partial charge in [0.2, 0.25) is 0 Å². The van der Waals surface area contributed by atoms with Gasteiger partial charge in [-0.2, -0.15) is 5.21 Å². The highest BCUT2D eigenvalue weighted by atomic mass is 15.5. The van der Waals surface area contributed by atoms with Crippen LogP contribution in [0.1, 0.15) is 0 Å². The maximum atomic E-state index is 3.38. The third-order valence-electron chi connectivity index (χ3n) is 2.15. The van der Waals surface area contributed by atoms with Crippen LogP contribution < -0.4 is 6.15 Å². The summed E-state index contributed by atoms with van der Waals surface area (Å²) in [5.41, 5.74) is 2.55. The Morgan fingerprint density at radius 1 is 0.722 bits per heavy atom. The molecule has 0 fully saturated rings. The van der Waals surface area contributed by atoms with Crippen LogP contribution in [-0.4, -0.2) is 20.6 Å². The number of tetrazole rings is 1. The van der Waals surface area contributed by atoms with E-state index in [0.717, 1.165) is 0 Å². The van der Waals surface area contributed by atoms with Crippen molar-refractivity contribution in [2.75, 3.05) is 0 Å². The lowest BCUT2D eigenvalue weighted by molar-refractivity contribution is 0.881. The van der Waals surface area contributed by atoms with Crippen molar-refractivity contribution in [1.82, 2.24) is 26.8 Å². The van der Waals surface area contributed by atoms with Crippen molar-refractivity contribution in [1.29, 1.82) is 0 Å². The van der Waals surface area contributed by atoms with E-state index >= 15 is 0 Å². The molecule has 92 valence electrons. The van der Waals surface area contributed by atoms with Crippen LogP contribution in [0.5, 0.6) is 0 Å². The predicted octanol–water partition coefficient (Wildman–Crippen LogP) is 2.72. The first-order valence-electron chi connectivity index (χ1n) is 5.23. The maximum absolute atomic E-state index is 3.38. The molecule has 0 aliphatic rings. The molecule has 0 spiro atoms. The number of benzene rings is 2. The SMILES string of the molecule is N.c1ccc(-c2ccccc2)cc1.c1nn[nH]n1. The smallest absolute Gasteiger partial charge is 0.161 e. The van der Waals surface area contributed by atoms with E-state index in [-0.39, 0.29) is 6.15 Å². The third-order valence-corrected chi connectivity index (χ3v) is 2.15. The van der Waals surface area contributed by atoms with Crippen LogP contribution in [0.25, 0.3) is 11.1 Å². The van der Waals surface area contributed by atoms with E-state index in [4.69, 9.17) is 0 Å². The first kappa shape index (κ1) is 13.5. The van der Waals surface area contributed by atoms with Crippen LogP contribution >= 0.6 is 0 Å². The summed E-state index contributed by atoms with van der Waals surface area (Å²) in [4.78, 5) is 0. The number of H-pyrrole nitrogens is 1. The fourth-order valence-corrected chi connectivity index (χ4v) is 1.39. The molecule has 0 radical (unpaired) electrons. The van der Waals surface area contributed by atoms with Gasteiger partial charge in [0.05, 0.1) is 0 Å². The first-order valence-corrected chi connectivity index (χ1v) is 5.23. The van der Waals surface area contributed by atoms with Gasteiger partial charge in [-0.25, -0.2) is 0 Å². The summed E-state index contributed by atoms with van der Waals surface area (Å²) in [6.07, 6.45) is 1.33. The second kappa shape index (κ2) is 7.70. The average Bonchev–Trinajstić information content (AvgIpc) is 3.00. The number of nitrogens with zero attached hydrogens (tertiary/aromatic N) is 3. The lowest BCUT2D eigenvalue weighted by Gasteiger charge is -1.98. The number of hydrogen-bond acceptors (Lipinski definition) is 4. The van der Waals surface area contributed by atoms with E-state index < -0.39 is 0 Å². The van der Waals surface area contributed by atoms with Crippen LogP contribution in [0.15, 0.2) is 67.0 Å². The van der Waals surface area contributed by atoms with Crippen molar-refractivity contribution in [3.05, 3.63) is 67.0 Å². The van der Waals surface area contributed by atoms with E-state index in [0.29, 0.717) is 0 Å². The van der Waals surface area contributed by atoms with Crippen LogP contribution in [0, 0.1) is 0 Å². The second-order valence-electron chi connectivity index (χ2n) is 3.29. The Morgan fingerprint density at radius 3 is 1.50 bits per heavy atom. The minimum absolute atomic E-state index is 0. The largest absolute Gasteiger partial charge is 0.344 e. The van der Waals surface area contributed by atoms with Crippen LogP contribution in [-0.2, 0) is 0 Å². The molecule has 0 unspecified atom stereocenters. The summed E-state index contributed by atoms with van der Waals surface area (Å²) in [6, 6.07) is 20.8. The minimum Gasteiger partial charge on any atom is -0.344 e. The predicted molar refractivity (Wildman–Crippen MR) is 71.1 cm³/mol. The van der Waals surface area contributed by atoms with E-state index in [1.807, 2.05) is 12.1 Å². The summed E-state index contributed by atoms with van der Waals surface area (Å²) < 4.78 is 0.